The van der Waals surface area contributed by atoms with Gasteiger partial charge < -0.3 is 15.2 Å². The Labute approximate surface area is 143 Å². The van der Waals surface area contributed by atoms with E-state index in [1.165, 1.54) is 0 Å². The lowest BCUT2D eigenvalue weighted by atomic mass is 10.0. The molecule has 0 spiro atoms. The Balaban J connectivity index is 1.84. The van der Waals surface area contributed by atoms with E-state index < -0.39 is 0 Å². The van der Waals surface area contributed by atoms with E-state index in [-0.39, 0.29) is 18.4 Å². The van der Waals surface area contributed by atoms with Gasteiger partial charge >= 0.3 is 0 Å². The number of H-pyrrole nitrogens is 1. The predicted octanol–water partition coefficient (Wildman–Crippen LogP) is 2.66. The van der Waals surface area contributed by atoms with Crippen LogP contribution in [0.5, 0.6) is 0 Å². The van der Waals surface area contributed by atoms with Crippen molar-refractivity contribution in [2.24, 2.45) is 0 Å². The van der Waals surface area contributed by atoms with E-state index in [2.05, 4.69) is 16.9 Å². The highest BCUT2D eigenvalue weighted by Gasteiger charge is 2.24. The number of amides is 2. The van der Waals surface area contributed by atoms with Gasteiger partial charge in [0.15, 0.2) is 0 Å². The van der Waals surface area contributed by atoms with Gasteiger partial charge in [-0.3, -0.25) is 9.59 Å². The van der Waals surface area contributed by atoms with Gasteiger partial charge in [-0.1, -0.05) is 29.8 Å². The molecule has 23 heavy (non-hydrogen) atoms. The Morgan fingerprint density at radius 2 is 2.17 bits per heavy atom. The number of aromatic amines is 1. The number of benzene rings is 1. The number of hydrogen-bond acceptors (Lipinski definition) is 2. The fourth-order valence-corrected chi connectivity index (χ4v) is 3.34. The molecule has 2 heterocycles. The zero-order valence-electron chi connectivity index (χ0n) is 12.3. The van der Waals surface area contributed by atoms with Gasteiger partial charge in [0.25, 0.3) is 0 Å². The minimum absolute atomic E-state index is 0.0376. The van der Waals surface area contributed by atoms with Gasteiger partial charge in [0.1, 0.15) is 0 Å². The molecule has 0 atom stereocenters. The molecule has 1 aliphatic rings. The first-order valence-electron chi connectivity index (χ1n) is 7.16. The van der Waals surface area contributed by atoms with Gasteiger partial charge in [-0.15, -0.1) is 0 Å². The third kappa shape index (κ3) is 3.07. The largest absolute Gasteiger partial charge is 0.357 e. The maximum absolute atomic E-state index is 12.2. The monoisotopic (exact) mass is 351 g/mol. The zero-order valence-corrected chi connectivity index (χ0v) is 13.8. The molecular weight excluding hydrogens is 337 g/mol. The van der Waals surface area contributed by atoms with Crippen LogP contribution in [0.3, 0.4) is 0 Å². The highest BCUT2D eigenvalue weighted by molar-refractivity contribution is 6.38. The number of halogens is 2. The lowest BCUT2D eigenvalue weighted by Gasteiger charge is -2.27. The summed E-state index contributed by atoms with van der Waals surface area (Å²) in [7, 11) is 0. The molecule has 120 valence electrons. The molecular formula is C16H15Cl2N3O2. The summed E-state index contributed by atoms with van der Waals surface area (Å²) in [5.74, 6) is -0.491. The molecule has 2 aromatic rings. The van der Waals surface area contributed by atoms with Crippen LogP contribution >= 0.6 is 23.2 Å². The molecule has 0 aliphatic carbocycles. The van der Waals surface area contributed by atoms with Crippen LogP contribution in [-0.2, 0) is 22.6 Å². The minimum Gasteiger partial charge on any atom is -0.357 e. The van der Waals surface area contributed by atoms with E-state index in [9.17, 15) is 9.59 Å². The molecule has 0 unspecified atom stereocenters. The Kier molecular flexibility index (Phi) is 4.33. The molecule has 0 radical (unpaired) electrons. The van der Waals surface area contributed by atoms with E-state index in [1.807, 2.05) is 6.07 Å². The van der Waals surface area contributed by atoms with Crippen molar-refractivity contribution in [2.75, 3.05) is 13.1 Å². The number of nitrogens with one attached hydrogen (secondary N) is 2. The Bertz CT molecular complexity index is 813. The molecule has 0 saturated carbocycles. The molecule has 0 fully saturated rings. The van der Waals surface area contributed by atoms with E-state index >= 15 is 0 Å². The van der Waals surface area contributed by atoms with Gasteiger partial charge in [-0.2, -0.15) is 0 Å². The molecule has 7 heteroatoms. The first-order chi connectivity index (χ1) is 11.0. The zero-order chi connectivity index (χ0) is 16.6. The topological polar surface area (TPSA) is 65.2 Å². The van der Waals surface area contributed by atoms with Crippen molar-refractivity contribution in [3.05, 3.63) is 46.1 Å². The average Bonchev–Trinajstić information content (AvgIpc) is 2.90. The SMILES string of the molecule is C=CC(=O)NCC(=O)N1CCc2[nH]c3c(Cl)cc(Cl)cc3c2C1. The van der Waals surface area contributed by atoms with Crippen molar-refractivity contribution >= 4 is 45.9 Å². The lowest BCUT2D eigenvalue weighted by Crippen LogP contribution is -2.42. The second-order valence-electron chi connectivity index (χ2n) is 5.38. The van der Waals surface area contributed by atoms with Crippen LogP contribution in [0.15, 0.2) is 24.8 Å². The summed E-state index contributed by atoms with van der Waals surface area (Å²) in [6.45, 7) is 4.38. The molecule has 1 aromatic heterocycles. The van der Waals surface area contributed by atoms with Crippen LogP contribution in [-0.4, -0.2) is 34.8 Å². The highest BCUT2D eigenvalue weighted by Crippen LogP contribution is 2.34. The van der Waals surface area contributed by atoms with E-state index in [1.54, 1.807) is 11.0 Å². The lowest BCUT2D eigenvalue weighted by molar-refractivity contribution is -0.132. The Hall–Kier alpha value is -1.98. The van der Waals surface area contributed by atoms with Crippen LogP contribution in [0, 0.1) is 0 Å². The third-order valence-corrected chi connectivity index (χ3v) is 4.47. The minimum atomic E-state index is -0.360. The van der Waals surface area contributed by atoms with Crippen LogP contribution in [0.25, 0.3) is 10.9 Å². The van der Waals surface area contributed by atoms with Crippen molar-refractivity contribution in [3.8, 4) is 0 Å². The smallest absolute Gasteiger partial charge is 0.243 e. The molecule has 2 amide bonds. The van der Waals surface area contributed by atoms with Gasteiger partial charge in [0.2, 0.25) is 11.8 Å². The quantitative estimate of drug-likeness (QED) is 0.835. The standard InChI is InChI=1S/C16H15Cl2N3O2/c1-2-14(22)19-7-15(23)21-4-3-13-11(8-21)10-5-9(17)6-12(18)16(10)20-13/h2,5-6,20H,1,3-4,7-8H2,(H,19,22). The van der Waals surface area contributed by atoms with Crippen LogP contribution < -0.4 is 5.32 Å². The molecule has 3 rings (SSSR count). The summed E-state index contributed by atoms with van der Waals surface area (Å²) in [5, 5.41) is 4.57. The highest BCUT2D eigenvalue weighted by atomic mass is 35.5. The van der Waals surface area contributed by atoms with E-state index in [4.69, 9.17) is 23.2 Å². The van der Waals surface area contributed by atoms with Crippen molar-refractivity contribution in [1.29, 1.82) is 0 Å². The maximum Gasteiger partial charge on any atom is 0.243 e. The number of carbonyl (C=O) groups is 2. The van der Waals surface area contributed by atoms with Crippen LogP contribution in [0.2, 0.25) is 10.0 Å². The molecule has 1 aromatic carbocycles. The molecule has 1 aliphatic heterocycles. The first-order valence-corrected chi connectivity index (χ1v) is 7.91. The van der Waals surface area contributed by atoms with Crippen LogP contribution in [0.4, 0.5) is 0 Å². The molecule has 0 bridgehead atoms. The first kappa shape index (κ1) is 15.9. The third-order valence-electron chi connectivity index (χ3n) is 3.95. The van der Waals surface area contributed by atoms with Gasteiger partial charge in [-0.25, -0.2) is 0 Å². The van der Waals surface area contributed by atoms with Crippen molar-refractivity contribution in [3.63, 3.8) is 0 Å². The number of hydrogen-bond donors (Lipinski definition) is 2. The summed E-state index contributed by atoms with van der Waals surface area (Å²) in [5.41, 5.74) is 2.94. The maximum atomic E-state index is 12.2. The second-order valence-corrected chi connectivity index (χ2v) is 6.22. The summed E-state index contributed by atoms with van der Waals surface area (Å²) in [6.07, 6.45) is 1.85. The van der Waals surface area contributed by atoms with Crippen molar-refractivity contribution < 1.29 is 9.59 Å². The van der Waals surface area contributed by atoms with Gasteiger partial charge in [-0.05, 0) is 18.2 Å². The van der Waals surface area contributed by atoms with E-state index in [0.29, 0.717) is 29.6 Å². The normalized spacial score (nSPS) is 13.7. The van der Waals surface area contributed by atoms with Crippen molar-refractivity contribution in [2.45, 2.75) is 13.0 Å². The molecule has 2 N–H and O–H groups in total. The Morgan fingerprint density at radius 1 is 1.39 bits per heavy atom. The number of fused-ring (bicyclic) bond motifs is 3. The predicted molar refractivity (Wildman–Crippen MR) is 90.6 cm³/mol. The fraction of sp³-hybridized carbons (Fsp3) is 0.250. The van der Waals surface area contributed by atoms with Crippen LogP contribution in [0.1, 0.15) is 11.3 Å². The average molecular weight is 352 g/mol. The summed E-state index contributed by atoms with van der Waals surface area (Å²) >= 11 is 12.3. The van der Waals surface area contributed by atoms with Gasteiger partial charge in [0.05, 0.1) is 17.1 Å². The summed E-state index contributed by atoms with van der Waals surface area (Å²) < 4.78 is 0. The number of nitrogens with zero attached hydrogens (tertiary/aromatic N) is 1. The van der Waals surface area contributed by atoms with Gasteiger partial charge in [0, 0.05) is 41.2 Å². The summed E-state index contributed by atoms with van der Waals surface area (Å²) in [4.78, 5) is 28.4. The molecule has 5 nitrogen and oxygen atoms in total. The van der Waals surface area contributed by atoms with E-state index in [0.717, 1.165) is 28.2 Å². The summed E-state index contributed by atoms with van der Waals surface area (Å²) in [6, 6.07) is 3.55. The van der Waals surface area contributed by atoms with Crippen molar-refractivity contribution in [1.82, 2.24) is 15.2 Å². The second kappa shape index (κ2) is 6.26. The molecule has 0 saturated heterocycles. The number of aromatic nitrogens is 1. The number of carbonyl (C=O) groups excluding carboxylic acids is 2. The number of rotatable bonds is 3. The Morgan fingerprint density at radius 3 is 2.91 bits per heavy atom. The fourth-order valence-electron chi connectivity index (χ4n) is 2.80.